The molecule has 1 aromatic carbocycles. The van der Waals surface area contributed by atoms with Crippen LogP contribution in [0.3, 0.4) is 0 Å². The maximum absolute atomic E-state index is 11.8. The predicted molar refractivity (Wildman–Crippen MR) is 74.4 cm³/mol. The van der Waals surface area contributed by atoms with Crippen molar-refractivity contribution < 1.29 is 14.3 Å². The molecule has 19 heavy (non-hydrogen) atoms. The molecule has 1 aromatic rings. The Morgan fingerprint density at radius 3 is 2.11 bits per heavy atom. The molecule has 0 radical (unpaired) electrons. The van der Waals surface area contributed by atoms with Crippen LogP contribution in [0.2, 0.25) is 0 Å². The fourth-order valence-corrected chi connectivity index (χ4v) is 1.50. The minimum absolute atomic E-state index is 0.00470. The lowest BCUT2D eigenvalue weighted by Gasteiger charge is -2.23. The zero-order chi connectivity index (χ0) is 14.6. The third-order valence-corrected chi connectivity index (χ3v) is 2.44. The number of Topliss-reactive ketones (excluding diaryl/α,β-unsaturated/α-hetero) is 1. The number of carbonyl (C=O) groups excluding carboxylic acids is 2. The number of amides is 1. The van der Waals surface area contributed by atoms with E-state index in [4.69, 9.17) is 4.74 Å². The Morgan fingerprint density at radius 1 is 1.16 bits per heavy atom. The number of ether oxygens (including phenoxy) is 1. The molecule has 0 aromatic heterocycles. The molecule has 0 aliphatic carbocycles. The smallest absolute Gasteiger partial charge is 0.261 e. The number of nitrogens with one attached hydrogen (secondary N) is 1. The van der Waals surface area contributed by atoms with E-state index in [2.05, 4.69) is 5.32 Å². The van der Waals surface area contributed by atoms with E-state index < -0.39 is 6.10 Å². The SMILES string of the molecule is CC(=O)c1ccc(OC(C)C(=O)NC(C)(C)C)cc1. The van der Waals surface area contributed by atoms with Crippen LogP contribution in [0.25, 0.3) is 0 Å². The zero-order valence-electron chi connectivity index (χ0n) is 12.1. The number of ketones is 1. The van der Waals surface area contributed by atoms with Crippen molar-refractivity contribution in [3.63, 3.8) is 0 Å². The third kappa shape index (κ3) is 5.12. The van der Waals surface area contributed by atoms with Gasteiger partial charge in [-0.05, 0) is 58.9 Å². The molecular formula is C15H21NO3. The first kappa shape index (κ1) is 15.2. The molecule has 0 spiro atoms. The van der Waals surface area contributed by atoms with Gasteiger partial charge in [0.15, 0.2) is 11.9 Å². The van der Waals surface area contributed by atoms with Crippen molar-refractivity contribution in [1.82, 2.24) is 5.32 Å². The minimum Gasteiger partial charge on any atom is -0.481 e. The molecule has 4 nitrogen and oxygen atoms in total. The lowest BCUT2D eigenvalue weighted by Crippen LogP contribution is -2.46. The second-order valence-electron chi connectivity index (χ2n) is 5.58. The quantitative estimate of drug-likeness (QED) is 0.849. The Kier molecular flexibility index (Phi) is 4.70. The minimum atomic E-state index is -0.581. The molecule has 1 rings (SSSR count). The van der Waals surface area contributed by atoms with Crippen LogP contribution in [0, 0.1) is 0 Å². The summed E-state index contributed by atoms with van der Waals surface area (Å²) in [6.45, 7) is 8.95. The van der Waals surface area contributed by atoms with Crippen molar-refractivity contribution in [2.75, 3.05) is 0 Å². The second kappa shape index (κ2) is 5.87. The van der Waals surface area contributed by atoms with E-state index in [1.54, 1.807) is 31.2 Å². The lowest BCUT2D eigenvalue weighted by molar-refractivity contribution is -0.128. The van der Waals surface area contributed by atoms with Crippen molar-refractivity contribution in [2.24, 2.45) is 0 Å². The molecule has 0 saturated carbocycles. The largest absolute Gasteiger partial charge is 0.481 e. The van der Waals surface area contributed by atoms with Gasteiger partial charge in [0.25, 0.3) is 5.91 Å². The van der Waals surface area contributed by atoms with Gasteiger partial charge in [0, 0.05) is 11.1 Å². The first-order valence-electron chi connectivity index (χ1n) is 6.29. The van der Waals surface area contributed by atoms with Gasteiger partial charge in [-0.3, -0.25) is 9.59 Å². The van der Waals surface area contributed by atoms with E-state index in [1.807, 2.05) is 20.8 Å². The van der Waals surface area contributed by atoms with Gasteiger partial charge in [-0.1, -0.05) is 0 Å². The van der Waals surface area contributed by atoms with Crippen molar-refractivity contribution >= 4 is 11.7 Å². The van der Waals surface area contributed by atoms with E-state index in [9.17, 15) is 9.59 Å². The van der Waals surface area contributed by atoms with Crippen LogP contribution in [0.5, 0.6) is 5.75 Å². The highest BCUT2D eigenvalue weighted by Crippen LogP contribution is 2.14. The average molecular weight is 263 g/mol. The summed E-state index contributed by atoms with van der Waals surface area (Å²) in [7, 11) is 0. The number of rotatable bonds is 4. The van der Waals surface area contributed by atoms with E-state index in [0.717, 1.165) is 0 Å². The van der Waals surface area contributed by atoms with Crippen molar-refractivity contribution in [3.05, 3.63) is 29.8 Å². The Morgan fingerprint density at radius 2 is 1.68 bits per heavy atom. The molecule has 0 aliphatic rings. The molecular weight excluding hydrogens is 242 g/mol. The second-order valence-corrected chi connectivity index (χ2v) is 5.58. The van der Waals surface area contributed by atoms with Gasteiger partial charge in [0.1, 0.15) is 5.75 Å². The first-order valence-corrected chi connectivity index (χ1v) is 6.29. The Hall–Kier alpha value is -1.84. The Balaban J connectivity index is 2.64. The molecule has 1 amide bonds. The van der Waals surface area contributed by atoms with E-state index in [1.165, 1.54) is 6.92 Å². The highest BCUT2D eigenvalue weighted by molar-refractivity contribution is 5.94. The predicted octanol–water partition coefficient (Wildman–Crippen LogP) is 2.57. The number of hydrogen-bond acceptors (Lipinski definition) is 3. The van der Waals surface area contributed by atoms with Crippen LogP contribution in [-0.4, -0.2) is 23.3 Å². The van der Waals surface area contributed by atoms with Gasteiger partial charge < -0.3 is 10.1 Å². The monoisotopic (exact) mass is 263 g/mol. The van der Waals surface area contributed by atoms with E-state index in [0.29, 0.717) is 11.3 Å². The van der Waals surface area contributed by atoms with Crippen molar-refractivity contribution in [3.8, 4) is 5.75 Å². The number of benzene rings is 1. The number of hydrogen-bond donors (Lipinski definition) is 1. The third-order valence-electron chi connectivity index (χ3n) is 2.44. The van der Waals surface area contributed by atoms with Crippen LogP contribution >= 0.6 is 0 Å². The summed E-state index contributed by atoms with van der Waals surface area (Å²) in [4.78, 5) is 23.0. The fourth-order valence-electron chi connectivity index (χ4n) is 1.50. The molecule has 0 heterocycles. The highest BCUT2D eigenvalue weighted by Gasteiger charge is 2.20. The summed E-state index contributed by atoms with van der Waals surface area (Å²) in [6.07, 6.45) is -0.581. The van der Waals surface area contributed by atoms with Crippen LogP contribution in [0.4, 0.5) is 0 Å². The number of carbonyl (C=O) groups is 2. The Labute approximate surface area is 114 Å². The van der Waals surface area contributed by atoms with Crippen molar-refractivity contribution in [1.29, 1.82) is 0 Å². The van der Waals surface area contributed by atoms with Gasteiger partial charge in [0.2, 0.25) is 0 Å². The summed E-state index contributed by atoms with van der Waals surface area (Å²) < 4.78 is 5.53. The maximum Gasteiger partial charge on any atom is 0.261 e. The average Bonchev–Trinajstić information content (AvgIpc) is 2.27. The molecule has 1 N–H and O–H groups in total. The first-order chi connectivity index (χ1) is 8.69. The van der Waals surface area contributed by atoms with Crippen LogP contribution in [0.1, 0.15) is 45.0 Å². The lowest BCUT2D eigenvalue weighted by atomic mass is 10.1. The summed E-state index contributed by atoms with van der Waals surface area (Å²) >= 11 is 0. The molecule has 0 bridgehead atoms. The van der Waals surface area contributed by atoms with E-state index in [-0.39, 0.29) is 17.2 Å². The summed E-state index contributed by atoms with van der Waals surface area (Å²) in [5, 5.41) is 2.85. The molecule has 104 valence electrons. The molecule has 0 aliphatic heterocycles. The van der Waals surface area contributed by atoms with Crippen LogP contribution in [-0.2, 0) is 4.79 Å². The van der Waals surface area contributed by atoms with E-state index >= 15 is 0 Å². The molecule has 4 heteroatoms. The van der Waals surface area contributed by atoms with Gasteiger partial charge in [-0.25, -0.2) is 0 Å². The van der Waals surface area contributed by atoms with Gasteiger partial charge in [-0.15, -0.1) is 0 Å². The standard InChI is InChI=1S/C15H21NO3/c1-10(17)12-6-8-13(9-7-12)19-11(2)14(18)16-15(3,4)5/h6-9,11H,1-5H3,(H,16,18). The Bertz CT molecular complexity index is 457. The highest BCUT2D eigenvalue weighted by atomic mass is 16.5. The van der Waals surface area contributed by atoms with Gasteiger partial charge >= 0.3 is 0 Å². The molecule has 1 atom stereocenters. The maximum atomic E-state index is 11.8. The van der Waals surface area contributed by atoms with Crippen molar-refractivity contribution in [2.45, 2.75) is 46.3 Å². The van der Waals surface area contributed by atoms with Gasteiger partial charge in [-0.2, -0.15) is 0 Å². The molecule has 0 fully saturated rings. The topological polar surface area (TPSA) is 55.4 Å². The zero-order valence-corrected chi connectivity index (χ0v) is 12.1. The molecule has 0 saturated heterocycles. The normalized spacial score (nSPS) is 12.7. The summed E-state index contributed by atoms with van der Waals surface area (Å²) in [5.41, 5.74) is 0.340. The summed E-state index contributed by atoms with van der Waals surface area (Å²) in [6, 6.07) is 6.76. The molecule has 1 unspecified atom stereocenters. The van der Waals surface area contributed by atoms with Gasteiger partial charge in [0.05, 0.1) is 0 Å². The van der Waals surface area contributed by atoms with Crippen LogP contribution < -0.4 is 10.1 Å². The fraction of sp³-hybridized carbons (Fsp3) is 0.467. The van der Waals surface area contributed by atoms with Crippen LogP contribution in [0.15, 0.2) is 24.3 Å². The summed E-state index contributed by atoms with van der Waals surface area (Å²) in [5.74, 6) is 0.412.